The molecule has 0 radical (unpaired) electrons. The zero-order valence-electron chi connectivity index (χ0n) is 16.4. The third-order valence-corrected chi connectivity index (χ3v) is 5.64. The Hall–Kier alpha value is -2.77. The minimum absolute atomic E-state index is 0.0226. The maximum Gasteiger partial charge on any atom is 0.248 e. The summed E-state index contributed by atoms with van der Waals surface area (Å²) >= 11 is 0. The van der Waals surface area contributed by atoms with Crippen LogP contribution in [0.5, 0.6) is 0 Å². The maximum atomic E-state index is 13.5. The second-order valence-corrected chi connectivity index (χ2v) is 8.14. The molecule has 4 rings (SSSR count). The molecule has 1 aromatic carbocycles. The van der Waals surface area contributed by atoms with Gasteiger partial charge in [-0.15, -0.1) is 5.10 Å². The summed E-state index contributed by atoms with van der Waals surface area (Å²) in [5.74, 6) is 1.19. The van der Waals surface area contributed by atoms with E-state index < -0.39 is 5.54 Å². The minimum atomic E-state index is -0.719. The van der Waals surface area contributed by atoms with Gasteiger partial charge in [-0.1, -0.05) is 45.2 Å². The summed E-state index contributed by atoms with van der Waals surface area (Å²) in [4.78, 5) is 21.6. The first-order valence-corrected chi connectivity index (χ1v) is 10.1. The molecule has 0 bridgehead atoms. The van der Waals surface area contributed by atoms with Crippen molar-refractivity contribution in [1.82, 2.24) is 35.5 Å². The van der Waals surface area contributed by atoms with Crippen LogP contribution in [0, 0.1) is 5.92 Å². The zero-order chi connectivity index (χ0) is 19.6. The highest BCUT2D eigenvalue weighted by molar-refractivity contribution is 5.85. The molecule has 28 heavy (non-hydrogen) atoms. The number of rotatable bonds is 6. The number of fused-ring (bicyclic) bond motifs is 1. The molecule has 1 aliphatic carbocycles. The number of hydrogen-bond donors (Lipinski definition) is 2. The molecule has 1 atom stereocenters. The summed E-state index contributed by atoms with van der Waals surface area (Å²) < 4.78 is 1.65. The Morgan fingerprint density at radius 3 is 2.71 bits per heavy atom. The lowest BCUT2D eigenvalue weighted by Crippen LogP contribution is -2.51. The number of nitrogens with one attached hydrogen (secondary N) is 2. The fraction of sp³-hybridized carbons (Fsp3) is 0.550. The molecule has 2 aromatic heterocycles. The third-order valence-electron chi connectivity index (χ3n) is 5.64. The summed E-state index contributed by atoms with van der Waals surface area (Å²) in [6.45, 7) is 4.30. The van der Waals surface area contributed by atoms with Crippen LogP contribution >= 0.6 is 0 Å². The van der Waals surface area contributed by atoms with Gasteiger partial charge >= 0.3 is 0 Å². The zero-order valence-corrected chi connectivity index (χ0v) is 16.4. The number of aromatic nitrogens is 6. The highest BCUT2D eigenvalue weighted by atomic mass is 16.2. The smallest absolute Gasteiger partial charge is 0.248 e. The van der Waals surface area contributed by atoms with Gasteiger partial charge in [-0.25, -0.2) is 9.67 Å². The molecule has 8 nitrogen and oxygen atoms in total. The first-order chi connectivity index (χ1) is 13.6. The second kappa shape index (κ2) is 7.69. The van der Waals surface area contributed by atoms with Crippen LogP contribution in [0.25, 0.3) is 11.0 Å². The molecule has 2 heterocycles. The van der Waals surface area contributed by atoms with E-state index in [1.807, 2.05) is 24.3 Å². The van der Waals surface area contributed by atoms with Crippen LogP contribution in [0.1, 0.15) is 64.2 Å². The standard InChI is InChI=1S/C20H27N7O/c1-14(2)12-17(18-22-15-8-4-5-9-16(15)23-18)24-19(28)20(10-6-3-7-11-20)27-13-21-25-26-27/h4-5,8-9,13-14,17H,3,6-7,10-12H2,1-2H3,(H,22,23)(H,24,28)/t17-/m0/s1. The number of benzene rings is 1. The highest BCUT2D eigenvalue weighted by Crippen LogP contribution is 2.35. The van der Waals surface area contributed by atoms with Crippen LogP contribution in [0.3, 0.4) is 0 Å². The van der Waals surface area contributed by atoms with Gasteiger partial charge in [0.25, 0.3) is 0 Å². The van der Waals surface area contributed by atoms with Crippen molar-refractivity contribution in [2.75, 3.05) is 0 Å². The predicted molar refractivity (Wildman–Crippen MR) is 105 cm³/mol. The van der Waals surface area contributed by atoms with Crippen molar-refractivity contribution in [2.24, 2.45) is 5.92 Å². The SMILES string of the molecule is CC(C)C[C@H](NC(=O)C1(n2cnnn2)CCCCC1)c1nc2ccccc2[nH]1. The van der Waals surface area contributed by atoms with E-state index in [9.17, 15) is 4.79 Å². The highest BCUT2D eigenvalue weighted by Gasteiger charge is 2.43. The molecular weight excluding hydrogens is 354 g/mol. The molecule has 148 valence electrons. The van der Waals surface area contributed by atoms with Gasteiger partial charge in [-0.05, 0) is 47.7 Å². The predicted octanol–water partition coefficient (Wildman–Crippen LogP) is 3.11. The van der Waals surface area contributed by atoms with Crippen molar-refractivity contribution >= 4 is 16.9 Å². The van der Waals surface area contributed by atoms with E-state index in [0.717, 1.165) is 55.4 Å². The number of aromatic amines is 1. The van der Waals surface area contributed by atoms with E-state index in [4.69, 9.17) is 4.98 Å². The summed E-state index contributed by atoms with van der Waals surface area (Å²) in [7, 11) is 0. The Labute approximate surface area is 164 Å². The Balaban J connectivity index is 1.64. The lowest BCUT2D eigenvalue weighted by molar-refractivity contribution is -0.133. The molecule has 2 N–H and O–H groups in total. The molecule has 0 unspecified atom stereocenters. The maximum absolute atomic E-state index is 13.5. The number of carbonyl (C=O) groups is 1. The monoisotopic (exact) mass is 381 g/mol. The molecule has 1 fully saturated rings. The van der Waals surface area contributed by atoms with Crippen LogP contribution < -0.4 is 5.32 Å². The van der Waals surface area contributed by atoms with E-state index in [1.54, 1.807) is 11.0 Å². The van der Waals surface area contributed by atoms with Crippen LogP contribution in [-0.4, -0.2) is 36.1 Å². The Morgan fingerprint density at radius 1 is 1.25 bits per heavy atom. The molecule has 3 aromatic rings. The Kier molecular flexibility index (Phi) is 5.11. The number of amides is 1. The Bertz CT molecular complexity index is 892. The van der Waals surface area contributed by atoms with Gasteiger partial charge in [-0.3, -0.25) is 4.79 Å². The molecule has 8 heteroatoms. The number of imidazole rings is 1. The van der Waals surface area contributed by atoms with E-state index in [1.165, 1.54) is 0 Å². The molecular formula is C20H27N7O. The van der Waals surface area contributed by atoms with Crippen LogP contribution in [0.15, 0.2) is 30.6 Å². The molecule has 0 saturated heterocycles. The topological polar surface area (TPSA) is 101 Å². The van der Waals surface area contributed by atoms with Crippen molar-refractivity contribution in [3.8, 4) is 0 Å². The quantitative estimate of drug-likeness (QED) is 0.683. The fourth-order valence-corrected chi connectivity index (χ4v) is 4.19. The van der Waals surface area contributed by atoms with Crippen molar-refractivity contribution in [3.63, 3.8) is 0 Å². The van der Waals surface area contributed by atoms with Gasteiger partial charge in [-0.2, -0.15) is 0 Å². The minimum Gasteiger partial charge on any atom is -0.344 e. The van der Waals surface area contributed by atoms with Crippen molar-refractivity contribution in [3.05, 3.63) is 36.4 Å². The van der Waals surface area contributed by atoms with Crippen LogP contribution in [-0.2, 0) is 10.3 Å². The third kappa shape index (κ3) is 3.50. The van der Waals surface area contributed by atoms with Gasteiger partial charge in [0, 0.05) is 0 Å². The van der Waals surface area contributed by atoms with Gasteiger partial charge in [0.15, 0.2) is 0 Å². The second-order valence-electron chi connectivity index (χ2n) is 8.14. The normalized spacial score (nSPS) is 17.7. The van der Waals surface area contributed by atoms with E-state index in [2.05, 4.69) is 39.7 Å². The summed E-state index contributed by atoms with van der Waals surface area (Å²) in [5, 5.41) is 14.9. The van der Waals surface area contributed by atoms with Crippen molar-refractivity contribution < 1.29 is 4.79 Å². The van der Waals surface area contributed by atoms with Crippen molar-refractivity contribution in [2.45, 2.75) is 64.0 Å². The number of para-hydroxylation sites is 2. The molecule has 1 amide bonds. The van der Waals surface area contributed by atoms with Gasteiger partial charge < -0.3 is 10.3 Å². The van der Waals surface area contributed by atoms with E-state index in [0.29, 0.717) is 5.92 Å². The van der Waals surface area contributed by atoms with Crippen molar-refractivity contribution in [1.29, 1.82) is 0 Å². The molecule has 0 aliphatic heterocycles. The fourth-order valence-electron chi connectivity index (χ4n) is 4.19. The number of nitrogens with zero attached hydrogens (tertiary/aromatic N) is 5. The average Bonchev–Trinajstić information content (AvgIpc) is 3.37. The molecule has 1 saturated carbocycles. The summed E-state index contributed by atoms with van der Waals surface area (Å²) in [6, 6.07) is 7.75. The van der Waals surface area contributed by atoms with E-state index in [-0.39, 0.29) is 11.9 Å². The molecule has 0 spiro atoms. The summed E-state index contributed by atoms with van der Waals surface area (Å²) in [5.41, 5.74) is 1.17. The van der Waals surface area contributed by atoms with Gasteiger partial charge in [0.05, 0.1) is 17.1 Å². The van der Waals surface area contributed by atoms with Crippen LogP contribution in [0.2, 0.25) is 0 Å². The largest absolute Gasteiger partial charge is 0.344 e. The lowest BCUT2D eigenvalue weighted by Gasteiger charge is -2.36. The average molecular weight is 381 g/mol. The number of tetrazole rings is 1. The van der Waals surface area contributed by atoms with Gasteiger partial charge in [0.2, 0.25) is 5.91 Å². The van der Waals surface area contributed by atoms with Crippen LogP contribution in [0.4, 0.5) is 0 Å². The van der Waals surface area contributed by atoms with Gasteiger partial charge in [0.1, 0.15) is 17.7 Å². The number of H-pyrrole nitrogens is 1. The Morgan fingerprint density at radius 2 is 2.04 bits per heavy atom. The lowest BCUT2D eigenvalue weighted by atomic mass is 9.80. The molecule has 1 aliphatic rings. The first kappa shape index (κ1) is 18.6. The van der Waals surface area contributed by atoms with E-state index >= 15 is 0 Å². The number of hydrogen-bond acceptors (Lipinski definition) is 5. The summed E-state index contributed by atoms with van der Waals surface area (Å²) in [6.07, 6.45) is 6.98. The number of carbonyl (C=O) groups excluding carboxylic acids is 1. The first-order valence-electron chi connectivity index (χ1n) is 10.1.